The summed E-state index contributed by atoms with van der Waals surface area (Å²) in [4.78, 5) is 44.1. The van der Waals surface area contributed by atoms with Crippen LogP contribution in [0.1, 0.15) is 12.5 Å². The van der Waals surface area contributed by atoms with E-state index in [9.17, 15) is 28.5 Å². The van der Waals surface area contributed by atoms with Gasteiger partial charge in [0.2, 0.25) is 5.91 Å². The van der Waals surface area contributed by atoms with E-state index in [1.807, 2.05) is 0 Å². The standard InChI is InChI=1S/C34H24F3N5O6/c1-2-47-28-12-14-41(21-6-3-19(35)4-7-21)34(44)24(28)17-31(43)40-20-5-10-29(27(37)15-20)48-30-11-13-38-33-32(30)25(18-39-33)23-16-22(42(45)46)8-9-26(23)36/h3-16,18H,2,17H2,1H3,(H,38,39)(H,40,43). The quantitative estimate of drug-likeness (QED) is 0.119. The first-order chi connectivity index (χ1) is 23.1. The van der Waals surface area contributed by atoms with Crippen molar-refractivity contribution in [1.82, 2.24) is 14.5 Å². The number of H-pyrrole nitrogens is 1. The largest absolute Gasteiger partial charge is 0.493 e. The van der Waals surface area contributed by atoms with E-state index in [1.165, 1.54) is 71.7 Å². The highest BCUT2D eigenvalue weighted by atomic mass is 19.1. The lowest BCUT2D eigenvalue weighted by Crippen LogP contribution is -2.26. The van der Waals surface area contributed by atoms with Gasteiger partial charge in [-0.1, -0.05) is 0 Å². The first kappa shape index (κ1) is 31.5. The number of anilines is 1. The van der Waals surface area contributed by atoms with Gasteiger partial charge in [-0.05, 0) is 61.5 Å². The van der Waals surface area contributed by atoms with E-state index in [1.54, 1.807) is 6.92 Å². The molecule has 0 unspecified atom stereocenters. The zero-order valence-corrected chi connectivity index (χ0v) is 25.0. The number of pyridine rings is 2. The normalized spacial score (nSPS) is 11.0. The number of aromatic nitrogens is 3. The minimum absolute atomic E-state index is 0.0470. The molecule has 0 saturated heterocycles. The van der Waals surface area contributed by atoms with Crippen molar-refractivity contribution < 1.29 is 32.4 Å². The van der Waals surface area contributed by atoms with E-state index in [2.05, 4.69) is 15.3 Å². The van der Waals surface area contributed by atoms with Crippen LogP contribution in [0.5, 0.6) is 17.2 Å². The van der Waals surface area contributed by atoms with Crippen molar-refractivity contribution >= 4 is 28.3 Å². The summed E-state index contributed by atoms with van der Waals surface area (Å²) in [5.41, 5.74) is 0.0303. The van der Waals surface area contributed by atoms with Crippen molar-refractivity contribution in [1.29, 1.82) is 0 Å². The molecule has 1 amide bonds. The van der Waals surface area contributed by atoms with E-state index in [-0.39, 0.29) is 63.0 Å². The van der Waals surface area contributed by atoms with Gasteiger partial charge in [0.15, 0.2) is 11.6 Å². The summed E-state index contributed by atoms with van der Waals surface area (Å²) < 4.78 is 56.2. The second-order valence-electron chi connectivity index (χ2n) is 10.4. The molecule has 6 aromatic rings. The third-order valence-corrected chi connectivity index (χ3v) is 7.31. The molecule has 0 aliphatic rings. The topological polar surface area (TPSA) is 141 Å². The lowest BCUT2D eigenvalue weighted by Gasteiger charge is -2.14. The van der Waals surface area contributed by atoms with Crippen LogP contribution in [-0.2, 0) is 11.2 Å². The number of nitro benzene ring substituents is 1. The lowest BCUT2D eigenvalue weighted by molar-refractivity contribution is -0.384. The summed E-state index contributed by atoms with van der Waals surface area (Å²) in [6, 6.07) is 15.0. The summed E-state index contributed by atoms with van der Waals surface area (Å²) in [6.45, 7) is 1.96. The Hall–Kier alpha value is -6.44. The number of nitrogens with one attached hydrogen (secondary N) is 2. The van der Waals surface area contributed by atoms with Gasteiger partial charge < -0.3 is 19.8 Å². The molecule has 0 radical (unpaired) electrons. The van der Waals surface area contributed by atoms with Gasteiger partial charge in [-0.15, -0.1) is 0 Å². The van der Waals surface area contributed by atoms with E-state index in [4.69, 9.17) is 9.47 Å². The van der Waals surface area contributed by atoms with Crippen LogP contribution in [0.15, 0.2) is 96.2 Å². The third-order valence-electron chi connectivity index (χ3n) is 7.31. The van der Waals surface area contributed by atoms with Crippen LogP contribution in [0.25, 0.3) is 27.8 Å². The van der Waals surface area contributed by atoms with Gasteiger partial charge in [0.1, 0.15) is 28.8 Å². The molecule has 3 heterocycles. The van der Waals surface area contributed by atoms with Crippen LogP contribution in [0.3, 0.4) is 0 Å². The van der Waals surface area contributed by atoms with Crippen molar-refractivity contribution in [2.75, 3.05) is 11.9 Å². The van der Waals surface area contributed by atoms with Gasteiger partial charge in [0, 0.05) is 59.3 Å². The molecule has 48 heavy (non-hydrogen) atoms. The Morgan fingerprint density at radius 1 is 0.958 bits per heavy atom. The molecule has 0 bridgehead atoms. The lowest BCUT2D eigenvalue weighted by atomic mass is 10.0. The number of aromatic amines is 1. The number of rotatable bonds is 10. The second-order valence-corrected chi connectivity index (χ2v) is 10.4. The molecule has 6 rings (SSSR count). The van der Waals surface area contributed by atoms with Gasteiger partial charge in [0.05, 0.1) is 28.9 Å². The van der Waals surface area contributed by atoms with Crippen molar-refractivity contribution in [3.8, 4) is 34.1 Å². The Morgan fingerprint density at radius 2 is 1.75 bits per heavy atom. The Bertz CT molecular complexity index is 2250. The average molecular weight is 656 g/mol. The molecule has 11 nitrogen and oxygen atoms in total. The molecule has 2 N–H and O–H groups in total. The third kappa shape index (κ3) is 6.31. The maximum Gasteiger partial charge on any atom is 0.270 e. The number of hydrogen-bond acceptors (Lipinski definition) is 7. The molecule has 0 spiro atoms. The molecule has 0 aliphatic carbocycles. The van der Waals surface area contributed by atoms with Gasteiger partial charge in [-0.2, -0.15) is 0 Å². The van der Waals surface area contributed by atoms with Crippen LogP contribution in [0, 0.1) is 27.6 Å². The molecule has 3 aromatic heterocycles. The van der Waals surface area contributed by atoms with E-state index in [0.717, 1.165) is 24.3 Å². The van der Waals surface area contributed by atoms with E-state index in [0.29, 0.717) is 5.69 Å². The number of nitro groups is 1. The summed E-state index contributed by atoms with van der Waals surface area (Å²) in [7, 11) is 0. The minimum atomic E-state index is -0.857. The number of carbonyl (C=O) groups is 1. The summed E-state index contributed by atoms with van der Waals surface area (Å²) >= 11 is 0. The Balaban J connectivity index is 1.24. The van der Waals surface area contributed by atoms with Crippen molar-refractivity contribution in [3.63, 3.8) is 0 Å². The van der Waals surface area contributed by atoms with Gasteiger partial charge in [-0.3, -0.25) is 24.3 Å². The number of halogens is 3. The number of non-ortho nitro benzene ring substituents is 1. The fourth-order valence-electron chi connectivity index (χ4n) is 5.12. The fraction of sp³-hybridized carbons (Fsp3) is 0.0882. The average Bonchev–Trinajstić information content (AvgIpc) is 3.50. The van der Waals surface area contributed by atoms with Gasteiger partial charge in [0.25, 0.3) is 11.2 Å². The van der Waals surface area contributed by atoms with E-state index >= 15 is 4.39 Å². The molecule has 0 aliphatic heterocycles. The minimum Gasteiger partial charge on any atom is -0.493 e. The summed E-state index contributed by atoms with van der Waals surface area (Å²) in [5, 5.41) is 14.1. The molecular formula is C34H24F3N5O6. The van der Waals surface area contributed by atoms with Crippen molar-refractivity contribution in [3.05, 3.63) is 135 Å². The fourth-order valence-corrected chi connectivity index (χ4v) is 5.12. The number of benzene rings is 3. The maximum absolute atomic E-state index is 15.3. The molecule has 242 valence electrons. The summed E-state index contributed by atoms with van der Waals surface area (Å²) in [6.07, 6.45) is 3.86. The highest BCUT2D eigenvalue weighted by molar-refractivity contribution is 5.98. The van der Waals surface area contributed by atoms with Crippen LogP contribution >= 0.6 is 0 Å². The summed E-state index contributed by atoms with van der Waals surface area (Å²) in [5.74, 6) is -2.64. The highest BCUT2D eigenvalue weighted by Crippen LogP contribution is 2.39. The molecule has 0 atom stereocenters. The van der Waals surface area contributed by atoms with Crippen LogP contribution < -0.4 is 20.3 Å². The second kappa shape index (κ2) is 13.1. The molecule has 3 aromatic carbocycles. The predicted molar refractivity (Wildman–Crippen MR) is 170 cm³/mol. The Morgan fingerprint density at radius 3 is 2.48 bits per heavy atom. The van der Waals surface area contributed by atoms with E-state index < -0.39 is 40.3 Å². The first-order valence-corrected chi connectivity index (χ1v) is 14.4. The Labute approximate surface area is 269 Å². The zero-order valence-electron chi connectivity index (χ0n) is 25.0. The number of amides is 1. The SMILES string of the molecule is CCOc1ccn(-c2ccc(F)cc2)c(=O)c1CC(=O)Nc1ccc(Oc2ccnc3[nH]cc(-c4cc([N+](=O)[O-])ccc4F)c23)c(F)c1. The van der Waals surface area contributed by atoms with Gasteiger partial charge >= 0.3 is 0 Å². The van der Waals surface area contributed by atoms with Gasteiger partial charge in [-0.25, -0.2) is 18.2 Å². The number of hydrogen-bond donors (Lipinski definition) is 2. The smallest absolute Gasteiger partial charge is 0.270 e. The zero-order chi connectivity index (χ0) is 33.9. The van der Waals surface area contributed by atoms with Crippen molar-refractivity contribution in [2.45, 2.75) is 13.3 Å². The predicted octanol–water partition coefficient (Wildman–Crippen LogP) is 7.08. The number of fused-ring (bicyclic) bond motifs is 1. The molecule has 14 heteroatoms. The number of ether oxygens (including phenoxy) is 2. The Kier molecular flexibility index (Phi) is 8.62. The molecular weight excluding hydrogens is 631 g/mol. The monoisotopic (exact) mass is 655 g/mol. The first-order valence-electron chi connectivity index (χ1n) is 14.4. The molecule has 0 saturated carbocycles. The van der Waals surface area contributed by atoms with Crippen molar-refractivity contribution in [2.24, 2.45) is 0 Å². The van der Waals surface area contributed by atoms with Crippen LogP contribution in [0.4, 0.5) is 24.5 Å². The van der Waals surface area contributed by atoms with Crippen LogP contribution in [-0.4, -0.2) is 32.0 Å². The number of carbonyl (C=O) groups excluding carboxylic acids is 1. The molecule has 0 fully saturated rings. The maximum atomic E-state index is 15.3. The highest BCUT2D eigenvalue weighted by Gasteiger charge is 2.21. The number of nitrogens with zero attached hydrogens (tertiary/aromatic N) is 3. The van der Waals surface area contributed by atoms with Crippen LogP contribution in [0.2, 0.25) is 0 Å².